The molecular formula is C15H16O3. The van der Waals surface area contributed by atoms with Gasteiger partial charge < -0.3 is 14.6 Å². The van der Waals surface area contributed by atoms with Crippen LogP contribution in [0.3, 0.4) is 0 Å². The zero-order valence-electron chi connectivity index (χ0n) is 10.5. The lowest BCUT2D eigenvalue weighted by Crippen LogP contribution is -1.94. The van der Waals surface area contributed by atoms with Crippen molar-refractivity contribution in [2.45, 2.75) is 6.92 Å². The molecule has 1 N–H and O–H groups in total. The number of hydrogen-bond donors (Lipinski definition) is 1. The van der Waals surface area contributed by atoms with Crippen molar-refractivity contribution in [1.29, 1.82) is 0 Å². The van der Waals surface area contributed by atoms with Crippen LogP contribution >= 0.6 is 0 Å². The van der Waals surface area contributed by atoms with Crippen molar-refractivity contribution in [1.82, 2.24) is 0 Å². The Kier molecular flexibility index (Phi) is 3.72. The maximum atomic E-state index is 10.2. The van der Waals surface area contributed by atoms with Gasteiger partial charge in [0, 0.05) is 11.1 Å². The van der Waals surface area contributed by atoms with E-state index >= 15 is 0 Å². The quantitative estimate of drug-likeness (QED) is 0.895. The molecule has 3 nitrogen and oxygen atoms in total. The topological polar surface area (TPSA) is 38.7 Å². The van der Waals surface area contributed by atoms with E-state index in [2.05, 4.69) is 0 Å². The number of para-hydroxylation sites is 2. The third kappa shape index (κ3) is 2.25. The average Bonchev–Trinajstić information content (AvgIpc) is 2.40. The number of hydrogen-bond acceptors (Lipinski definition) is 3. The second-order valence-electron chi connectivity index (χ2n) is 3.79. The Morgan fingerprint density at radius 2 is 1.61 bits per heavy atom. The largest absolute Gasteiger partial charge is 0.504 e. The number of ether oxygens (including phenoxy) is 2. The molecule has 2 aromatic carbocycles. The molecule has 0 amide bonds. The van der Waals surface area contributed by atoms with Gasteiger partial charge in [-0.1, -0.05) is 30.3 Å². The minimum Gasteiger partial charge on any atom is -0.504 e. The summed E-state index contributed by atoms with van der Waals surface area (Å²) in [5.74, 6) is 1.34. The first-order chi connectivity index (χ1) is 8.77. The van der Waals surface area contributed by atoms with E-state index in [4.69, 9.17) is 9.47 Å². The average molecular weight is 244 g/mol. The van der Waals surface area contributed by atoms with Gasteiger partial charge in [0.2, 0.25) is 0 Å². The fraction of sp³-hybridized carbons (Fsp3) is 0.200. The third-order valence-corrected chi connectivity index (χ3v) is 2.70. The molecule has 0 radical (unpaired) electrons. The lowest BCUT2D eigenvalue weighted by Gasteiger charge is -2.13. The van der Waals surface area contributed by atoms with Gasteiger partial charge in [-0.05, 0) is 19.1 Å². The molecule has 18 heavy (non-hydrogen) atoms. The molecule has 0 fully saturated rings. The molecule has 0 heterocycles. The zero-order chi connectivity index (χ0) is 13.0. The van der Waals surface area contributed by atoms with Crippen LogP contribution in [0.2, 0.25) is 0 Å². The Hall–Kier alpha value is -2.16. The van der Waals surface area contributed by atoms with E-state index in [0.717, 1.165) is 11.3 Å². The van der Waals surface area contributed by atoms with Crippen LogP contribution in [0.15, 0.2) is 42.5 Å². The molecule has 2 aromatic rings. The van der Waals surface area contributed by atoms with Gasteiger partial charge in [0.15, 0.2) is 11.5 Å². The number of rotatable bonds is 4. The van der Waals surface area contributed by atoms with Crippen LogP contribution in [0.5, 0.6) is 17.2 Å². The number of phenolic OH excluding ortho intramolecular Hbond substituents is 1. The summed E-state index contributed by atoms with van der Waals surface area (Å²) < 4.78 is 10.7. The minimum atomic E-state index is 0.132. The summed E-state index contributed by atoms with van der Waals surface area (Å²) in [7, 11) is 1.54. The van der Waals surface area contributed by atoms with Gasteiger partial charge in [-0.3, -0.25) is 0 Å². The van der Waals surface area contributed by atoms with Crippen molar-refractivity contribution in [3.8, 4) is 28.4 Å². The van der Waals surface area contributed by atoms with Crippen LogP contribution < -0.4 is 9.47 Å². The van der Waals surface area contributed by atoms with Crippen LogP contribution in [0, 0.1) is 0 Å². The summed E-state index contributed by atoms with van der Waals surface area (Å²) in [4.78, 5) is 0. The van der Waals surface area contributed by atoms with Gasteiger partial charge in [0.25, 0.3) is 0 Å². The highest BCUT2D eigenvalue weighted by molar-refractivity contribution is 5.77. The summed E-state index contributed by atoms with van der Waals surface area (Å²) in [6, 6.07) is 13.0. The first-order valence-corrected chi connectivity index (χ1v) is 5.86. The van der Waals surface area contributed by atoms with Gasteiger partial charge in [-0.25, -0.2) is 0 Å². The van der Waals surface area contributed by atoms with Crippen molar-refractivity contribution in [2.75, 3.05) is 13.7 Å². The van der Waals surface area contributed by atoms with Crippen LogP contribution in [-0.4, -0.2) is 18.8 Å². The molecule has 0 bridgehead atoms. The molecule has 0 aliphatic rings. The normalized spacial score (nSPS) is 10.1. The maximum Gasteiger partial charge on any atom is 0.165 e. The van der Waals surface area contributed by atoms with Crippen molar-refractivity contribution < 1.29 is 14.6 Å². The van der Waals surface area contributed by atoms with Gasteiger partial charge in [0.1, 0.15) is 5.75 Å². The van der Waals surface area contributed by atoms with E-state index in [1.807, 2.05) is 43.3 Å². The van der Waals surface area contributed by atoms with Crippen molar-refractivity contribution in [2.24, 2.45) is 0 Å². The first kappa shape index (κ1) is 12.3. The highest BCUT2D eigenvalue weighted by Crippen LogP contribution is 2.40. The van der Waals surface area contributed by atoms with E-state index < -0.39 is 0 Å². The second kappa shape index (κ2) is 5.45. The fourth-order valence-corrected chi connectivity index (χ4v) is 1.87. The monoisotopic (exact) mass is 244 g/mol. The molecule has 0 aliphatic heterocycles. The molecular weight excluding hydrogens is 228 g/mol. The van der Waals surface area contributed by atoms with E-state index in [0.29, 0.717) is 17.9 Å². The highest BCUT2D eigenvalue weighted by atomic mass is 16.5. The van der Waals surface area contributed by atoms with Gasteiger partial charge in [0.05, 0.1) is 13.7 Å². The summed E-state index contributed by atoms with van der Waals surface area (Å²) in [5, 5.41) is 10.2. The molecule has 94 valence electrons. The summed E-state index contributed by atoms with van der Waals surface area (Å²) >= 11 is 0. The van der Waals surface area contributed by atoms with Crippen molar-refractivity contribution in [3.63, 3.8) is 0 Å². The van der Waals surface area contributed by atoms with Crippen molar-refractivity contribution in [3.05, 3.63) is 42.5 Å². The van der Waals surface area contributed by atoms with Crippen LogP contribution in [0.25, 0.3) is 11.1 Å². The van der Waals surface area contributed by atoms with Crippen LogP contribution in [0.4, 0.5) is 0 Å². The number of methoxy groups -OCH3 is 1. The zero-order valence-corrected chi connectivity index (χ0v) is 10.5. The number of phenols is 1. The Balaban J connectivity index is 2.55. The predicted octanol–water partition coefficient (Wildman–Crippen LogP) is 3.47. The predicted molar refractivity (Wildman–Crippen MR) is 71.3 cm³/mol. The highest BCUT2D eigenvalue weighted by Gasteiger charge is 2.12. The van der Waals surface area contributed by atoms with Crippen LogP contribution in [-0.2, 0) is 0 Å². The molecule has 2 rings (SSSR count). The van der Waals surface area contributed by atoms with E-state index in [1.165, 1.54) is 7.11 Å². The van der Waals surface area contributed by atoms with E-state index in [1.54, 1.807) is 6.07 Å². The maximum absolute atomic E-state index is 10.2. The molecule has 0 aliphatic carbocycles. The molecule has 0 saturated heterocycles. The SMILES string of the molecule is CCOc1ccccc1-c1cccc(OC)c1O. The molecule has 3 heteroatoms. The molecule has 0 unspecified atom stereocenters. The Bertz CT molecular complexity index is 535. The summed E-state index contributed by atoms with van der Waals surface area (Å²) in [6.07, 6.45) is 0. The van der Waals surface area contributed by atoms with Gasteiger partial charge in [-0.2, -0.15) is 0 Å². The molecule has 0 spiro atoms. The van der Waals surface area contributed by atoms with E-state index in [-0.39, 0.29) is 5.75 Å². The van der Waals surface area contributed by atoms with Gasteiger partial charge in [-0.15, -0.1) is 0 Å². The second-order valence-corrected chi connectivity index (χ2v) is 3.79. The molecule has 0 atom stereocenters. The van der Waals surface area contributed by atoms with Crippen LogP contribution in [0.1, 0.15) is 6.92 Å². The lowest BCUT2D eigenvalue weighted by molar-refractivity contribution is 0.341. The summed E-state index contributed by atoms with van der Waals surface area (Å²) in [5.41, 5.74) is 1.56. The Morgan fingerprint density at radius 1 is 0.944 bits per heavy atom. The third-order valence-electron chi connectivity index (χ3n) is 2.70. The Labute approximate surface area is 107 Å². The van der Waals surface area contributed by atoms with Gasteiger partial charge >= 0.3 is 0 Å². The first-order valence-electron chi connectivity index (χ1n) is 5.86. The Morgan fingerprint density at radius 3 is 2.33 bits per heavy atom. The fourth-order valence-electron chi connectivity index (χ4n) is 1.87. The summed E-state index contributed by atoms with van der Waals surface area (Å²) in [6.45, 7) is 2.52. The van der Waals surface area contributed by atoms with Crippen molar-refractivity contribution >= 4 is 0 Å². The lowest BCUT2D eigenvalue weighted by atomic mass is 10.0. The number of benzene rings is 2. The standard InChI is InChI=1S/C15H16O3/c1-3-18-13-9-5-4-7-11(13)12-8-6-10-14(17-2)15(12)16/h4-10,16H,3H2,1-2H3. The molecule has 0 saturated carbocycles. The minimum absolute atomic E-state index is 0.132. The van der Waals surface area contributed by atoms with E-state index in [9.17, 15) is 5.11 Å². The number of aromatic hydroxyl groups is 1. The molecule has 0 aromatic heterocycles. The smallest absolute Gasteiger partial charge is 0.165 e.